The lowest BCUT2D eigenvalue weighted by atomic mass is 9.92. The maximum Gasteiger partial charge on any atom is 0.338 e. The van der Waals surface area contributed by atoms with Crippen LogP contribution in [-0.2, 0) is 16.1 Å². The van der Waals surface area contributed by atoms with Crippen molar-refractivity contribution >= 4 is 17.7 Å². The van der Waals surface area contributed by atoms with Gasteiger partial charge in [-0.1, -0.05) is 66.7 Å². The van der Waals surface area contributed by atoms with Gasteiger partial charge < -0.3 is 24.8 Å². The highest BCUT2D eigenvalue weighted by Gasteiger charge is 2.35. The van der Waals surface area contributed by atoms with Crippen LogP contribution >= 0.6 is 0 Å². The van der Waals surface area contributed by atoms with E-state index >= 15 is 0 Å². The first-order valence-corrected chi connectivity index (χ1v) is 12.0. The third-order valence-corrected chi connectivity index (χ3v) is 5.54. The summed E-state index contributed by atoms with van der Waals surface area (Å²) in [6, 6.07) is 23.4. The van der Waals surface area contributed by atoms with Crippen molar-refractivity contribution in [2.45, 2.75) is 39.5 Å². The molecule has 0 saturated heterocycles. The Balaban J connectivity index is 1.74. The molecule has 1 aliphatic rings. The van der Waals surface area contributed by atoms with Crippen molar-refractivity contribution in [2.75, 3.05) is 6.61 Å². The third-order valence-electron chi connectivity index (χ3n) is 5.54. The molecule has 186 valence electrons. The largest absolute Gasteiger partial charge is 0.490 e. The number of amides is 2. The Kier molecular flexibility index (Phi) is 7.90. The second kappa shape index (κ2) is 11.4. The first-order chi connectivity index (χ1) is 17.5. The number of esters is 1. The Morgan fingerprint density at radius 1 is 0.917 bits per heavy atom. The highest BCUT2D eigenvalue weighted by molar-refractivity contribution is 6.04. The number of carbonyl (C=O) groups excluding carboxylic acids is 2. The molecule has 2 N–H and O–H groups in total. The van der Waals surface area contributed by atoms with Gasteiger partial charge in [-0.15, -0.1) is 0 Å². The van der Waals surface area contributed by atoms with Gasteiger partial charge in [0.2, 0.25) is 0 Å². The van der Waals surface area contributed by atoms with Crippen LogP contribution in [0.5, 0.6) is 11.5 Å². The van der Waals surface area contributed by atoms with Crippen molar-refractivity contribution in [1.82, 2.24) is 10.6 Å². The maximum atomic E-state index is 13.3. The second-order valence-corrected chi connectivity index (χ2v) is 8.55. The molecule has 3 aromatic rings. The van der Waals surface area contributed by atoms with E-state index in [1.165, 1.54) is 0 Å². The van der Waals surface area contributed by atoms with Crippen molar-refractivity contribution in [3.05, 3.63) is 101 Å². The highest BCUT2D eigenvalue weighted by Crippen LogP contribution is 2.37. The summed E-state index contributed by atoms with van der Waals surface area (Å²) in [4.78, 5) is 26.0. The van der Waals surface area contributed by atoms with Crippen molar-refractivity contribution < 1.29 is 23.8 Å². The van der Waals surface area contributed by atoms with E-state index in [4.69, 9.17) is 14.2 Å². The van der Waals surface area contributed by atoms with E-state index in [1.54, 1.807) is 26.0 Å². The molecule has 0 saturated carbocycles. The smallest absolute Gasteiger partial charge is 0.338 e. The lowest BCUT2D eigenvalue weighted by Gasteiger charge is -2.30. The van der Waals surface area contributed by atoms with Crippen LogP contribution in [0, 0.1) is 0 Å². The van der Waals surface area contributed by atoms with Crippen LogP contribution in [0.15, 0.2) is 84.4 Å². The van der Waals surface area contributed by atoms with E-state index in [-0.39, 0.29) is 6.10 Å². The number of rotatable bonds is 9. The summed E-state index contributed by atoms with van der Waals surface area (Å²) in [5.41, 5.74) is 3.14. The number of hydrogen-bond donors (Lipinski definition) is 2. The fourth-order valence-corrected chi connectivity index (χ4v) is 3.97. The molecular formula is C29H30N2O5. The average molecular weight is 487 g/mol. The van der Waals surface area contributed by atoms with Crippen LogP contribution in [0.3, 0.4) is 0 Å². The summed E-state index contributed by atoms with van der Waals surface area (Å²) in [5.74, 6) is 0.587. The molecule has 0 aromatic heterocycles. The van der Waals surface area contributed by atoms with Gasteiger partial charge in [-0.25, -0.2) is 9.59 Å². The summed E-state index contributed by atoms with van der Waals surface area (Å²) in [6.45, 7) is 6.28. The van der Waals surface area contributed by atoms with Gasteiger partial charge in [0.25, 0.3) is 0 Å². The van der Waals surface area contributed by atoms with Gasteiger partial charge in [0.15, 0.2) is 11.5 Å². The number of ether oxygens (including phenoxy) is 3. The summed E-state index contributed by atoms with van der Waals surface area (Å²) in [6.07, 6.45) is -0.326. The Morgan fingerprint density at radius 2 is 1.61 bits per heavy atom. The third kappa shape index (κ3) is 5.86. The van der Waals surface area contributed by atoms with E-state index in [9.17, 15) is 9.59 Å². The highest BCUT2D eigenvalue weighted by atomic mass is 16.5. The van der Waals surface area contributed by atoms with Crippen LogP contribution in [-0.4, -0.2) is 24.7 Å². The lowest BCUT2D eigenvalue weighted by molar-refractivity contribution is -0.143. The van der Waals surface area contributed by atoms with Crippen molar-refractivity contribution in [3.63, 3.8) is 0 Å². The summed E-state index contributed by atoms with van der Waals surface area (Å²) in [7, 11) is 0. The second-order valence-electron chi connectivity index (χ2n) is 8.55. The van der Waals surface area contributed by atoms with E-state index in [0.29, 0.717) is 47.1 Å². The van der Waals surface area contributed by atoms with Crippen molar-refractivity contribution in [1.29, 1.82) is 0 Å². The van der Waals surface area contributed by atoms with Crippen LogP contribution in [0.2, 0.25) is 0 Å². The minimum Gasteiger partial charge on any atom is -0.490 e. The molecule has 1 heterocycles. The predicted octanol–water partition coefficient (Wildman–Crippen LogP) is 5.38. The standard InChI is InChI=1S/C29H30N2O5/c1-4-34-24-17-22(15-16-23(24)35-18-20-11-7-5-8-12-20)27-25(28(32)36-19(2)3)26(30-29(33)31-27)21-13-9-6-10-14-21/h5-17,19,27H,4,18H2,1-3H3,(H2,30,31,33). The molecule has 0 radical (unpaired) electrons. The maximum absolute atomic E-state index is 13.3. The van der Waals surface area contributed by atoms with Gasteiger partial charge in [0, 0.05) is 0 Å². The lowest BCUT2D eigenvalue weighted by Crippen LogP contribution is -2.45. The van der Waals surface area contributed by atoms with Gasteiger partial charge in [-0.05, 0) is 49.6 Å². The molecule has 7 heteroatoms. The zero-order chi connectivity index (χ0) is 25.5. The Hall–Kier alpha value is -4.26. The molecule has 0 spiro atoms. The fraction of sp³-hybridized carbons (Fsp3) is 0.241. The minimum atomic E-state index is -0.748. The molecule has 7 nitrogen and oxygen atoms in total. The molecule has 36 heavy (non-hydrogen) atoms. The van der Waals surface area contributed by atoms with Crippen LogP contribution < -0.4 is 20.1 Å². The van der Waals surface area contributed by atoms with Crippen LogP contribution in [0.25, 0.3) is 5.70 Å². The fourth-order valence-electron chi connectivity index (χ4n) is 3.97. The van der Waals surface area contributed by atoms with Gasteiger partial charge in [-0.2, -0.15) is 0 Å². The Bertz CT molecular complexity index is 1240. The molecule has 1 unspecified atom stereocenters. The molecule has 3 aromatic carbocycles. The van der Waals surface area contributed by atoms with E-state index in [2.05, 4.69) is 10.6 Å². The first-order valence-electron chi connectivity index (χ1n) is 12.0. The van der Waals surface area contributed by atoms with Crippen molar-refractivity contribution in [3.8, 4) is 11.5 Å². The summed E-state index contributed by atoms with van der Waals surface area (Å²) in [5, 5.41) is 5.68. The van der Waals surface area contributed by atoms with Gasteiger partial charge in [0.05, 0.1) is 30.0 Å². The normalized spacial score (nSPS) is 15.2. The Labute approximate surface area is 211 Å². The van der Waals surface area contributed by atoms with Gasteiger partial charge in [0.1, 0.15) is 6.61 Å². The minimum absolute atomic E-state index is 0.315. The van der Waals surface area contributed by atoms with E-state index in [1.807, 2.05) is 73.7 Å². The zero-order valence-corrected chi connectivity index (χ0v) is 20.6. The SMILES string of the molecule is CCOc1cc(C2NC(=O)NC(c3ccccc3)=C2C(=O)OC(C)C)ccc1OCc1ccccc1. The zero-order valence-electron chi connectivity index (χ0n) is 20.6. The molecule has 2 amide bonds. The average Bonchev–Trinajstić information content (AvgIpc) is 2.88. The van der Waals surface area contributed by atoms with Gasteiger partial charge in [-0.3, -0.25) is 0 Å². The molecule has 0 aliphatic carbocycles. The first kappa shape index (κ1) is 24.9. The molecule has 1 atom stereocenters. The molecule has 1 aliphatic heterocycles. The molecular weight excluding hydrogens is 456 g/mol. The number of benzene rings is 3. The predicted molar refractivity (Wildman–Crippen MR) is 137 cm³/mol. The van der Waals surface area contributed by atoms with Crippen LogP contribution in [0.1, 0.15) is 43.5 Å². The van der Waals surface area contributed by atoms with E-state index < -0.39 is 18.0 Å². The summed E-state index contributed by atoms with van der Waals surface area (Å²) >= 11 is 0. The summed E-state index contributed by atoms with van der Waals surface area (Å²) < 4.78 is 17.5. The molecule has 0 fully saturated rings. The van der Waals surface area contributed by atoms with E-state index in [0.717, 1.165) is 5.56 Å². The Morgan fingerprint density at radius 3 is 2.28 bits per heavy atom. The van der Waals surface area contributed by atoms with Crippen molar-refractivity contribution in [2.24, 2.45) is 0 Å². The monoisotopic (exact) mass is 486 g/mol. The van der Waals surface area contributed by atoms with Gasteiger partial charge >= 0.3 is 12.0 Å². The molecule has 0 bridgehead atoms. The topological polar surface area (TPSA) is 85.9 Å². The number of urea groups is 1. The quantitative estimate of drug-likeness (QED) is 0.397. The number of carbonyl (C=O) groups is 2. The number of hydrogen-bond acceptors (Lipinski definition) is 5. The number of nitrogens with one attached hydrogen (secondary N) is 2. The molecule has 4 rings (SSSR count). The van der Waals surface area contributed by atoms with Crippen LogP contribution in [0.4, 0.5) is 4.79 Å².